The van der Waals surface area contributed by atoms with Crippen molar-refractivity contribution in [2.75, 3.05) is 40.2 Å². The highest BCUT2D eigenvalue weighted by atomic mass is 32.5. The number of fused-ring (bicyclic) bond motifs is 2. The van der Waals surface area contributed by atoms with Crippen LogP contribution in [0.3, 0.4) is 0 Å². The van der Waals surface area contributed by atoms with Crippen LogP contribution in [-0.2, 0) is 82.1 Å². The van der Waals surface area contributed by atoms with Crippen LogP contribution in [0, 0.1) is 11.8 Å². The number of anilines is 1. The number of methoxy groups -OCH3 is 1. The van der Waals surface area contributed by atoms with Crippen LogP contribution in [0.25, 0.3) is 10.2 Å². The summed E-state index contributed by atoms with van der Waals surface area (Å²) in [6.07, 6.45) is -7.90. The van der Waals surface area contributed by atoms with Gasteiger partial charge in [-0.15, -0.1) is 11.3 Å². The maximum absolute atomic E-state index is 13.3. The van der Waals surface area contributed by atoms with Crippen molar-refractivity contribution < 1.29 is 85.2 Å². The molecule has 13 atom stereocenters. The van der Waals surface area contributed by atoms with Gasteiger partial charge in [0.1, 0.15) is 67.2 Å². The maximum atomic E-state index is 13.3. The number of likely N-dealkylation sites (N-methyl/N-ethyl adjacent to an activating group) is 1. The Labute approximate surface area is 328 Å². The second-order valence-corrected chi connectivity index (χ2v) is 18.4. The minimum atomic E-state index is -5.48. The van der Waals surface area contributed by atoms with Gasteiger partial charge in [0.15, 0.2) is 6.29 Å². The van der Waals surface area contributed by atoms with Gasteiger partial charge in [-0.05, 0) is 31.3 Å². The summed E-state index contributed by atoms with van der Waals surface area (Å²) in [4.78, 5) is 80.1. The molecule has 56 heavy (non-hydrogen) atoms. The van der Waals surface area contributed by atoms with Gasteiger partial charge in [-0.1, -0.05) is 0 Å². The highest BCUT2D eigenvalue weighted by molar-refractivity contribution is 8.08. The second kappa shape index (κ2) is 17.2. The summed E-state index contributed by atoms with van der Waals surface area (Å²) in [5, 5.41) is 13.2. The summed E-state index contributed by atoms with van der Waals surface area (Å²) in [6, 6.07) is -0.511. The Bertz CT molecular complexity index is 1920. The number of aliphatic hydroxyl groups excluding tert-OH is 1. The van der Waals surface area contributed by atoms with Gasteiger partial charge in [0.25, 0.3) is 0 Å². The van der Waals surface area contributed by atoms with E-state index in [1.165, 1.54) is 24.8 Å². The molecule has 0 spiro atoms. The van der Waals surface area contributed by atoms with E-state index in [1.807, 2.05) is 5.38 Å². The van der Waals surface area contributed by atoms with Gasteiger partial charge in [-0.25, -0.2) is 18.8 Å². The van der Waals surface area contributed by atoms with Crippen molar-refractivity contribution in [2.24, 2.45) is 11.8 Å². The predicted molar refractivity (Wildman–Crippen MR) is 192 cm³/mol. The molecular formula is C30H42N4O18P2S2. The predicted octanol–water partition coefficient (Wildman–Crippen LogP) is 0.675. The van der Waals surface area contributed by atoms with Crippen LogP contribution in [0.15, 0.2) is 11.7 Å². The minimum absolute atomic E-state index is 0.289. The summed E-state index contributed by atoms with van der Waals surface area (Å²) >= 11 is 6.38. The van der Waals surface area contributed by atoms with Gasteiger partial charge >= 0.3 is 38.4 Å². The van der Waals surface area contributed by atoms with Crippen LogP contribution in [0.4, 0.5) is 5.82 Å². The lowest BCUT2D eigenvalue weighted by Gasteiger charge is -2.52. The molecule has 0 radical (unpaired) electrons. The first-order chi connectivity index (χ1) is 26.1. The number of aliphatic hydroxyl groups is 1. The number of esters is 4. The summed E-state index contributed by atoms with van der Waals surface area (Å²) < 4.78 is 68.6. The van der Waals surface area contributed by atoms with E-state index in [0.29, 0.717) is 15.8 Å². The van der Waals surface area contributed by atoms with Crippen molar-refractivity contribution in [3.05, 3.63) is 17.3 Å². The summed E-state index contributed by atoms with van der Waals surface area (Å²) in [5.74, 6) is -8.89. The lowest BCUT2D eigenvalue weighted by molar-refractivity contribution is -0.426. The van der Waals surface area contributed by atoms with Crippen LogP contribution in [0.5, 0.6) is 0 Å². The van der Waals surface area contributed by atoms with Crippen LogP contribution in [0.1, 0.15) is 39.4 Å². The highest BCUT2D eigenvalue weighted by Gasteiger charge is 2.78. The number of nitrogens with zero attached hydrogens (tertiary/aromatic N) is 3. The monoisotopic (exact) mass is 872 g/mol. The second-order valence-electron chi connectivity index (χ2n) is 13.2. The molecule has 312 valence electrons. The van der Waals surface area contributed by atoms with Crippen LogP contribution in [-0.4, -0.2) is 137 Å². The molecule has 3 fully saturated rings. The first-order valence-electron chi connectivity index (χ1n) is 16.7. The summed E-state index contributed by atoms with van der Waals surface area (Å²) in [6.45, 7) is -1.74. The Hall–Kier alpha value is -2.80. The smallest absolute Gasteiger partial charge is 0.462 e. The molecule has 0 bridgehead atoms. The quantitative estimate of drug-likeness (QED) is 0.102. The first-order valence-corrected chi connectivity index (χ1v) is 21.6. The third kappa shape index (κ3) is 9.24. The number of phosphoric ester groups is 1. The number of rotatable bonds is 16. The number of nitrogens with two attached hydrogens (primary N) is 1. The molecule has 0 amide bonds. The Morgan fingerprint density at radius 3 is 2.38 bits per heavy atom. The van der Waals surface area contributed by atoms with E-state index in [0.717, 1.165) is 27.7 Å². The molecule has 22 nitrogen and oxygen atoms in total. The number of hydrogen-bond donors (Lipinski definition) is 4. The van der Waals surface area contributed by atoms with Crippen molar-refractivity contribution in [2.45, 2.75) is 82.4 Å². The Kier molecular flexibility index (Phi) is 13.6. The van der Waals surface area contributed by atoms with Gasteiger partial charge in [0.2, 0.25) is 5.79 Å². The van der Waals surface area contributed by atoms with Crippen molar-refractivity contribution in [3.8, 4) is 0 Å². The van der Waals surface area contributed by atoms with E-state index in [9.17, 15) is 38.6 Å². The van der Waals surface area contributed by atoms with E-state index in [1.54, 1.807) is 19.0 Å². The number of phosphoric acid groups is 1. The fourth-order valence-corrected chi connectivity index (χ4v) is 11.3. The molecule has 26 heteroatoms. The van der Waals surface area contributed by atoms with E-state index >= 15 is 0 Å². The molecule has 1 saturated carbocycles. The van der Waals surface area contributed by atoms with Gasteiger partial charge in [0, 0.05) is 40.4 Å². The lowest BCUT2D eigenvalue weighted by Crippen LogP contribution is -2.67. The number of carbonyl (C=O) groups excluding carboxylic acids is 4. The maximum Gasteiger partial charge on any atom is 0.481 e. The van der Waals surface area contributed by atoms with Gasteiger partial charge in [0.05, 0.1) is 22.9 Å². The fourth-order valence-electron chi connectivity index (χ4n) is 7.27. The fraction of sp³-hybridized carbons (Fsp3) is 0.667. The van der Waals surface area contributed by atoms with E-state index in [4.69, 9.17) is 64.1 Å². The standard InChI is InChI=1S/C30H42N4O18P2S2/c1-12(35)44-8-17(46-13(2)36)19-25(47-14(3)37)23(39)20-29(50-30(19,20)49-15(4)38)51-53(40,41)52-54(42,55)45-9-18-22(34(5)6)26(43-7)24(48-18)16-10-56-27-21(16)32-11-33-28(27)31/h10-11,17-20,22-26,29,39H,8-9H2,1-7H3,(H,40,41)(H,42,55)(H2,31,32,33)/t17-,18+,19?,20?,22+,23?,24-,25?,26+,29?,30?,54?/m0/s1. The summed E-state index contributed by atoms with van der Waals surface area (Å²) in [7, 11) is -0.471. The molecule has 2 aliphatic heterocycles. The van der Waals surface area contributed by atoms with Gasteiger partial charge in [-0.3, -0.25) is 23.7 Å². The normalized spacial score (nSPS) is 32.4. The van der Waals surface area contributed by atoms with Crippen molar-refractivity contribution >= 4 is 77.6 Å². The zero-order valence-corrected chi connectivity index (χ0v) is 34.4. The number of ether oxygens (including phenoxy) is 7. The van der Waals surface area contributed by atoms with E-state index in [2.05, 4.69) is 9.97 Å². The van der Waals surface area contributed by atoms with Gasteiger partial charge < -0.3 is 63.2 Å². The molecule has 2 saturated heterocycles. The third-order valence-electron chi connectivity index (χ3n) is 9.12. The van der Waals surface area contributed by atoms with Crippen LogP contribution < -0.4 is 5.73 Å². The zero-order chi connectivity index (χ0) is 41.5. The Balaban J connectivity index is 1.33. The number of thiophene rings is 1. The van der Waals surface area contributed by atoms with Gasteiger partial charge in [-0.2, -0.15) is 0 Å². The first kappa shape index (κ1) is 44.3. The van der Waals surface area contributed by atoms with E-state index in [-0.39, 0.29) is 5.82 Å². The van der Waals surface area contributed by atoms with Crippen molar-refractivity contribution in [3.63, 3.8) is 0 Å². The van der Waals surface area contributed by atoms with Crippen molar-refractivity contribution in [1.82, 2.24) is 14.9 Å². The molecule has 8 unspecified atom stereocenters. The summed E-state index contributed by atoms with van der Waals surface area (Å²) in [5.41, 5.74) is 7.25. The Morgan fingerprint density at radius 2 is 1.79 bits per heavy atom. The zero-order valence-electron chi connectivity index (χ0n) is 30.9. The van der Waals surface area contributed by atoms with Crippen molar-refractivity contribution in [1.29, 1.82) is 0 Å². The molecule has 5 N–H and O–H groups in total. The molecule has 2 aromatic heterocycles. The minimum Gasteiger partial charge on any atom is -0.462 e. The molecule has 0 aromatic carbocycles. The topological polar surface area (TPSA) is 293 Å². The number of hydrogen-bond acceptors (Lipinski definition) is 22. The average molecular weight is 873 g/mol. The molecule has 3 aliphatic rings. The number of nitrogen functional groups attached to an aromatic ring is 1. The number of aromatic nitrogens is 2. The molecule has 5 rings (SSSR count). The lowest BCUT2D eigenvalue weighted by atomic mass is 9.85. The van der Waals surface area contributed by atoms with E-state index < -0.39 is 118 Å². The Morgan fingerprint density at radius 1 is 1.09 bits per heavy atom. The van der Waals surface area contributed by atoms with Crippen LogP contribution in [0.2, 0.25) is 0 Å². The molecular weight excluding hydrogens is 830 g/mol. The largest absolute Gasteiger partial charge is 0.481 e. The average Bonchev–Trinajstić information content (AvgIpc) is 3.70. The SMILES string of the molecule is CO[C@@H]1[C@H](N(C)C)[C@@H](COP(O)(=S)OP(=O)(O)OC2OC3(OC(C)=O)C2C(O)C(OC(C)=O)C3[C@H](COC(C)=O)OC(C)=O)O[C@H]1c1csc2c(N)ncnc12. The third-order valence-corrected chi connectivity index (χ3v) is 13.6. The number of carbonyl (C=O) groups is 4. The highest BCUT2D eigenvalue weighted by Crippen LogP contribution is 2.66. The molecule has 4 heterocycles. The van der Waals surface area contributed by atoms with Crippen LogP contribution >= 0.6 is 25.9 Å². The molecule has 2 aromatic rings. The molecule has 1 aliphatic carbocycles.